The fraction of sp³-hybridized carbons (Fsp3) is 0.409. The van der Waals surface area contributed by atoms with Crippen LogP contribution in [0.15, 0.2) is 47.4 Å². The standard InChI is InChI=1S/C22H30N2O4S2/c1-17-7-5-6-8-19(17)16-29-14-13-23-22(25)12-9-18-15-20(10-11-21(18)28-4)30(26,27)24(2)3/h5-8,10-11,15H,9,12-14,16H2,1-4H3,(H,23,25). The molecule has 164 valence electrons. The first-order valence-electron chi connectivity index (χ1n) is 9.74. The summed E-state index contributed by atoms with van der Waals surface area (Å²) in [5.41, 5.74) is 3.29. The summed E-state index contributed by atoms with van der Waals surface area (Å²) in [6.45, 7) is 2.70. The lowest BCUT2D eigenvalue weighted by molar-refractivity contribution is -0.120. The maximum absolute atomic E-state index is 12.4. The lowest BCUT2D eigenvalue weighted by atomic mass is 10.1. The van der Waals surface area contributed by atoms with Crippen LogP contribution in [-0.2, 0) is 27.0 Å². The molecular weight excluding hydrogens is 420 g/mol. The number of aryl methyl sites for hydroxylation is 2. The van der Waals surface area contributed by atoms with E-state index in [4.69, 9.17) is 4.74 Å². The van der Waals surface area contributed by atoms with Crippen molar-refractivity contribution in [2.75, 3.05) is 33.5 Å². The minimum absolute atomic E-state index is 0.0607. The van der Waals surface area contributed by atoms with Crippen LogP contribution < -0.4 is 10.1 Å². The summed E-state index contributed by atoms with van der Waals surface area (Å²) >= 11 is 1.78. The summed E-state index contributed by atoms with van der Waals surface area (Å²) in [4.78, 5) is 12.4. The Hall–Kier alpha value is -2.03. The Balaban J connectivity index is 1.83. The lowest BCUT2D eigenvalue weighted by Gasteiger charge is -2.14. The van der Waals surface area contributed by atoms with Gasteiger partial charge < -0.3 is 10.1 Å². The summed E-state index contributed by atoms with van der Waals surface area (Å²) in [6.07, 6.45) is 0.673. The topological polar surface area (TPSA) is 75.7 Å². The number of methoxy groups -OCH3 is 1. The van der Waals surface area contributed by atoms with Crippen LogP contribution in [0.1, 0.15) is 23.1 Å². The van der Waals surface area contributed by atoms with Gasteiger partial charge in [-0.25, -0.2) is 12.7 Å². The third kappa shape index (κ3) is 6.75. The first kappa shape index (κ1) is 24.2. The van der Waals surface area contributed by atoms with Crippen LogP contribution in [0.4, 0.5) is 0 Å². The average molecular weight is 451 g/mol. The third-order valence-electron chi connectivity index (χ3n) is 4.74. The second-order valence-corrected chi connectivity index (χ2v) is 10.3. The molecule has 0 atom stereocenters. The monoisotopic (exact) mass is 450 g/mol. The van der Waals surface area contributed by atoms with Gasteiger partial charge in [-0.05, 0) is 48.2 Å². The zero-order valence-electron chi connectivity index (χ0n) is 18.0. The van der Waals surface area contributed by atoms with Crippen molar-refractivity contribution in [1.29, 1.82) is 0 Å². The van der Waals surface area contributed by atoms with Crippen molar-refractivity contribution < 1.29 is 17.9 Å². The SMILES string of the molecule is COc1ccc(S(=O)(=O)N(C)C)cc1CCC(=O)NCCSCc1ccccc1C. The first-order chi connectivity index (χ1) is 14.3. The highest BCUT2D eigenvalue weighted by Gasteiger charge is 2.19. The number of nitrogens with zero attached hydrogens (tertiary/aromatic N) is 1. The van der Waals surface area contributed by atoms with Crippen LogP contribution >= 0.6 is 11.8 Å². The molecule has 0 saturated heterocycles. The van der Waals surface area contributed by atoms with E-state index in [0.717, 1.165) is 11.5 Å². The largest absolute Gasteiger partial charge is 0.496 e. The van der Waals surface area contributed by atoms with Crippen molar-refractivity contribution in [2.45, 2.75) is 30.4 Å². The minimum Gasteiger partial charge on any atom is -0.496 e. The first-order valence-corrected chi connectivity index (χ1v) is 12.3. The van der Waals surface area contributed by atoms with Crippen LogP contribution in [0, 0.1) is 6.92 Å². The van der Waals surface area contributed by atoms with E-state index in [2.05, 4.69) is 24.4 Å². The third-order valence-corrected chi connectivity index (χ3v) is 7.56. The summed E-state index contributed by atoms with van der Waals surface area (Å²) in [7, 11) is 0.977. The van der Waals surface area contributed by atoms with Gasteiger partial charge in [0.25, 0.3) is 0 Å². The predicted octanol–water partition coefficient (Wildman–Crippen LogP) is 3.24. The van der Waals surface area contributed by atoms with Crippen molar-refractivity contribution in [3.63, 3.8) is 0 Å². The Bertz CT molecular complexity index is 959. The smallest absolute Gasteiger partial charge is 0.242 e. The molecule has 2 aromatic carbocycles. The van der Waals surface area contributed by atoms with Gasteiger partial charge in [-0.3, -0.25) is 4.79 Å². The molecule has 0 spiro atoms. The number of thioether (sulfide) groups is 1. The van der Waals surface area contributed by atoms with Crippen LogP contribution in [0.25, 0.3) is 0 Å². The fourth-order valence-corrected chi connectivity index (χ4v) is 4.76. The maximum atomic E-state index is 12.4. The van der Waals surface area contributed by atoms with Gasteiger partial charge in [0.1, 0.15) is 5.75 Å². The van der Waals surface area contributed by atoms with Gasteiger partial charge >= 0.3 is 0 Å². The molecule has 0 heterocycles. The molecule has 0 aliphatic heterocycles. The number of sulfonamides is 1. The van der Waals surface area contributed by atoms with Gasteiger partial charge in [-0.2, -0.15) is 11.8 Å². The van der Waals surface area contributed by atoms with Crippen LogP contribution in [0.5, 0.6) is 5.75 Å². The van der Waals surface area contributed by atoms with Gasteiger partial charge in [0, 0.05) is 38.6 Å². The molecule has 1 amide bonds. The average Bonchev–Trinajstić information content (AvgIpc) is 2.72. The van der Waals surface area contributed by atoms with E-state index in [1.807, 2.05) is 12.1 Å². The van der Waals surface area contributed by atoms with Crippen molar-refractivity contribution in [3.05, 3.63) is 59.2 Å². The molecule has 0 fully saturated rings. The summed E-state index contributed by atoms with van der Waals surface area (Å²) < 4.78 is 31.2. The number of hydrogen-bond donors (Lipinski definition) is 1. The molecule has 0 aliphatic carbocycles. The van der Waals surface area contributed by atoms with Crippen LogP contribution in [0.3, 0.4) is 0 Å². The Kier molecular flexibility index (Phi) is 9.20. The van der Waals surface area contributed by atoms with Crippen LogP contribution in [-0.4, -0.2) is 52.1 Å². The second kappa shape index (κ2) is 11.4. The molecule has 0 radical (unpaired) electrons. The van der Waals surface area contributed by atoms with Gasteiger partial charge in [-0.1, -0.05) is 24.3 Å². The van der Waals surface area contributed by atoms with Gasteiger partial charge in [0.2, 0.25) is 15.9 Å². The number of ether oxygens (including phenoxy) is 1. The Labute approximate surface area is 184 Å². The quantitative estimate of drug-likeness (QED) is 0.532. The molecule has 0 saturated carbocycles. The number of carbonyl (C=O) groups excluding carboxylic acids is 1. The van der Waals surface area contributed by atoms with E-state index in [1.54, 1.807) is 23.9 Å². The van der Waals surface area contributed by atoms with Gasteiger partial charge in [0.15, 0.2) is 0 Å². The van der Waals surface area contributed by atoms with E-state index >= 15 is 0 Å². The Morgan fingerprint density at radius 2 is 1.87 bits per heavy atom. The van der Waals surface area contributed by atoms with E-state index < -0.39 is 10.0 Å². The molecule has 1 N–H and O–H groups in total. The zero-order valence-corrected chi connectivity index (χ0v) is 19.6. The number of rotatable bonds is 11. The minimum atomic E-state index is -3.54. The number of nitrogens with one attached hydrogen (secondary N) is 1. The summed E-state index contributed by atoms with van der Waals surface area (Å²) in [5, 5.41) is 2.93. The van der Waals surface area contributed by atoms with Crippen molar-refractivity contribution in [2.24, 2.45) is 0 Å². The van der Waals surface area contributed by atoms with E-state index in [1.165, 1.54) is 42.7 Å². The second-order valence-electron chi connectivity index (χ2n) is 7.09. The summed E-state index contributed by atoms with van der Waals surface area (Å²) in [6, 6.07) is 13.0. The molecule has 6 nitrogen and oxygen atoms in total. The van der Waals surface area contributed by atoms with Crippen molar-refractivity contribution in [1.82, 2.24) is 9.62 Å². The zero-order chi connectivity index (χ0) is 22.1. The maximum Gasteiger partial charge on any atom is 0.242 e. The molecule has 0 bridgehead atoms. The number of hydrogen-bond acceptors (Lipinski definition) is 5. The highest BCUT2D eigenvalue weighted by Crippen LogP contribution is 2.25. The predicted molar refractivity (Wildman–Crippen MR) is 123 cm³/mol. The fourth-order valence-electron chi connectivity index (χ4n) is 2.87. The molecule has 0 aliphatic rings. The van der Waals surface area contributed by atoms with Crippen molar-refractivity contribution in [3.8, 4) is 5.75 Å². The van der Waals surface area contributed by atoms with Gasteiger partial charge in [0.05, 0.1) is 12.0 Å². The molecular formula is C22H30N2O4S2. The van der Waals surface area contributed by atoms with Crippen molar-refractivity contribution >= 4 is 27.7 Å². The van der Waals surface area contributed by atoms with Gasteiger partial charge in [-0.15, -0.1) is 0 Å². The number of carbonyl (C=O) groups is 1. The molecule has 2 aromatic rings. The van der Waals surface area contributed by atoms with Crippen LogP contribution in [0.2, 0.25) is 0 Å². The molecule has 0 unspecified atom stereocenters. The van der Waals surface area contributed by atoms with E-state index in [0.29, 0.717) is 24.3 Å². The normalized spacial score (nSPS) is 11.5. The highest BCUT2D eigenvalue weighted by atomic mass is 32.2. The molecule has 30 heavy (non-hydrogen) atoms. The molecule has 2 rings (SSSR count). The Morgan fingerprint density at radius 1 is 1.13 bits per heavy atom. The molecule has 8 heteroatoms. The van der Waals surface area contributed by atoms with E-state index in [9.17, 15) is 13.2 Å². The molecule has 0 aromatic heterocycles. The Morgan fingerprint density at radius 3 is 2.53 bits per heavy atom. The summed E-state index contributed by atoms with van der Waals surface area (Å²) in [5.74, 6) is 2.27. The highest BCUT2D eigenvalue weighted by molar-refractivity contribution is 7.98. The number of benzene rings is 2. The lowest BCUT2D eigenvalue weighted by Crippen LogP contribution is -2.26. The van der Waals surface area contributed by atoms with E-state index in [-0.39, 0.29) is 17.2 Å². The number of amides is 1.